The van der Waals surface area contributed by atoms with Crippen molar-refractivity contribution in [3.05, 3.63) is 121 Å². The third-order valence-corrected chi connectivity index (χ3v) is 3.76. The van der Waals surface area contributed by atoms with E-state index in [1.165, 1.54) is 36.5 Å². The summed E-state index contributed by atoms with van der Waals surface area (Å²) in [7, 11) is 4.50. The molecule has 0 unspecified atom stereocenters. The fourth-order valence-corrected chi connectivity index (χ4v) is 2.52. The Labute approximate surface area is 192 Å². The van der Waals surface area contributed by atoms with Gasteiger partial charge in [-0.15, -0.1) is 0 Å². The standard InChI is InChI=1S/2C12H10.4CH4O/c2*1-3-7-11(8-4-1)12-9-5-2-6-10-12;4*1-2/h2*1-10H;4*2H,1H3/p+2. The van der Waals surface area contributed by atoms with Gasteiger partial charge < -0.3 is 20.4 Å². The highest BCUT2D eigenvalue weighted by molar-refractivity contribution is 5.63. The Morgan fingerprint density at radius 2 is 0.438 bits per heavy atom. The fourth-order valence-electron chi connectivity index (χ4n) is 2.52. The van der Waals surface area contributed by atoms with Gasteiger partial charge in [-0.2, -0.15) is 0 Å². The summed E-state index contributed by atoms with van der Waals surface area (Å²) < 4.78 is 0. The summed E-state index contributed by atoms with van der Waals surface area (Å²) in [4.78, 5) is 0. The summed E-state index contributed by atoms with van der Waals surface area (Å²) in [5, 5.41) is 25.5. The second kappa shape index (κ2) is 24.0. The Balaban J connectivity index is 0. The Hall–Kier alpha value is -3.28. The molecule has 6 N–H and O–H groups in total. The molecule has 4 heteroatoms. The number of hydrogen-bond donors (Lipinski definition) is 2. The molecule has 0 radical (unpaired) electrons. The van der Waals surface area contributed by atoms with E-state index in [1.807, 2.05) is 24.3 Å². The lowest BCUT2D eigenvalue weighted by atomic mass is 10.1. The summed E-state index contributed by atoms with van der Waals surface area (Å²) >= 11 is 0. The number of aliphatic hydroxyl groups excluding tert-OH is 2. The van der Waals surface area contributed by atoms with E-state index in [0.717, 1.165) is 14.2 Å². The van der Waals surface area contributed by atoms with Crippen LogP contribution in [0.3, 0.4) is 0 Å². The molecule has 0 aliphatic rings. The molecule has 0 heterocycles. The van der Waals surface area contributed by atoms with Crippen LogP contribution in [0.2, 0.25) is 0 Å². The van der Waals surface area contributed by atoms with Crippen LogP contribution in [0.4, 0.5) is 0 Å². The maximum Gasteiger partial charge on any atom is 0.133 e. The van der Waals surface area contributed by atoms with Crippen molar-refractivity contribution in [1.82, 2.24) is 0 Å². The van der Waals surface area contributed by atoms with Gasteiger partial charge in [-0.05, 0) is 22.3 Å². The zero-order valence-electron chi connectivity index (χ0n) is 19.4. The predicted octanol–water partition coefficient (Wildman–Crippen LogP) is 4.61. The largest absolute Gasteiger partial charge is 0.448 e. The smallest absolute Gasteiger partial charge is 0.133 e. The molecule has 32 heavy (non-hydrogen) atoms. The van der Waals surface area contributed by atoms with Crippen LogP contribution in [0.5, 0.6) is 0 Å². The van der Waals surface area contributed by atoms with Gasteiger partial charge in [0.15, 0.2) is 0 Å². The van der Waals surface area contributed by atoms with Gasteiger partial charge in [0.25, 0.3) is 0 Å². The summed E-state index contributed by atoms with van der Waals surface area (Å²) in [6, 6.07) is 41.6. The van der Waals surface area contributed by atoms with Crippen molar-refractivity contribution in [3.8, 4) is 22.3 Å². The SMILES string of the molecule is CO.CO.C[OH2+].C[OH2+].c1ccc(-c2ccccc2)cc1.c1ccc(-c2ccccc2)cc1. The molecule has 4 nitrogen and oxygen atoms in total. The van der Waals surface area contributed by atoms with Crippen molar-refractivity contribution in [2.24, 2.45) is 0 Å². The Kier molecular flexibility index (Phi) is 23.2. The molecule has 0 fully saturated rings. The van der Waals surface area contributed by atoms with Crippen LogP contribution in [-0.4, -0.2) is 48.9 Å². The highest BCUT2D eigenvalue weighted by atomic mass is 16.2. The molecule has 0 aliphatic heterocycles. The maximum absolute atomic E-state index is 7.00. The minimum absolute atomic E-state index is 1.00. The van der Waals surface area contributed by atoms with Gasteiger partial charge in [-0.3, -0.25) is 0 Å². The van der Waals surface area contributed by atoms with Crippen LogP contribution in [0.25, 0.3) is 22.3 Å². The zero-order chi connectivity index (χ0) is 24.5. The molecule has 172 valence electrons. The van der Waals surface area contributed by atoms with E-state index < -0.39 is 0 Å². The van der Waals surface area contributed by atoms with Gasteiger partial charge >= 0.3 is 0 Å². The van der Waals surface area contributed by atoms with Gasteiger partial charge in [0.2, 0.25) is 0 Å². The van der Waals surface area contributed by atoms with Crippen LogP contribution in [0.15, 0.2) is 121 Å². The van der Waals surface area contributed by atoms with Crippen LogP contribution < -0.4 is 0 Å². The molecule has 0 bridgehead atoms. The summed E-state index contributed by atoms with van der Waals surface area (Å²) in [6.45, 7) is 0. The molecule has 0 atom stereocenters. The predicted molar refractivity (Wildman–Crippen MR) is 139 cm³/mol. The van der Waals surface area contributed by atoms with Crippen molar-refractivity contribution in [1.29, 1.82) is 0 Å². The lowest BCUT2D eigenvalue weighted by molar-refractivity contribution is 0.399. The molecule has 4 aromatic rings. The van der Waals surface area contributed by atoms with E-state index in [9.17, 15) is 0 Å². The molecule has 0 saturated heterocycles. The summed E-state index contributed by atoms with van der Waals surface area (Å²) in [6.07, 6.45) is 0. The second-order valence-electron chi connectivity index (χ2n) is 5.46. The van der Waals surface area contributed by atoms with Crippen LogP contribution in [-0.2, 0) is 0 Å². The van der Waals surface area contributed by atoms with Crippen molar-refractivity contribution < 1.29 is 20.4 Å². The molecule has 4 rings (SSSR count). The van der Waals surface area contributed by atoms with E-state index in [1.54, 1.807) is 0 Å². The summed E-state index contributed by atoms with van der Waals surface area (Å²) in [5.41, 5.74) is 5.10. The first kappa shape index (κ1) is 30.9. The number of rotatable bonds is 2. The zero-order valence-corrected chi connectivity index (χ0v) is 19.4. The molecule has 0 spiro atoms. The van der Waals surface area contributed by atoms with Crippen LogP contribution in [0.1, 0.15) is 0 Å². The topological polar surface area (TPSA) is 86.3 Å². The van der Waals surface area contributed by atoms with E-state index in [4.69, 9.17) is 20.4 Å². The fraction of sp³-hybridized carbons (Fsp3) is 0.143. The van der Waals surface area contributed by atoms with E-state index in [0.29, 0.717) is 0 Å². The Morgan fingerprint density at radius 1 is 0.312 bits per heavy atom. The second-order valence-corrected chi connectivity index (χ2v) is 5.46. The molecular formula is C28H38O4+2. The average molecular weight is 439 g/mol. The third-order valence-electron chi connectivity index (χ3n) is 3.76. The number of benzene rings is 4. The lowest BCUT2D eigenvalue weighted by Gasteiger charge is -1.98. The molecular weight excluding hydrogens is 400 g/mol. The van der Waals surface area contributed by atoms with Gasteiger partial charge in [-0.1, -0.05) is 121 Å². The Bertz CT molecular complexity index is 687. The van der Waals surface area contributed by atoms with Gasteiger partial charge in [-0.25, -0.2) is 0 Å². The van der Waals surface area contributed by atoms with Gasteiger partial charge in [0, 0.05) is 14.2 Å². The first-order valence-corrected chi connectivity index (χ1v) is 10.0. The van der Waals surface area contributed by atoms with Crippen LogP contribution >= 0.6 is 0 Å². The summed E-state index contributed by atoms with van der Waals surface area (Å²) in [5.74, 6) is 0. The molecule has 0 aromatic heterocycles. The number of aliphatic hydroxyl groups is 2. The monoisotopic (exact) mass is 438 g/mol. The number of hydrogen-bond acceptors (Lipinski definition) is 2. The normalized spacial score (nSPS) is 8.00. The molecule has 0 saturated carbocycles. The van der Waals surface area contributed by atoms with Crippen molar-refractivity contribution in [2.75, 3.05) is 28.4 Å². The van der Waals surface area contributed by atoms with E-state index >= 15 is 0 Å². The highest BCUT2D eigenvalue weighted by Crippen LogP contribution is 2.18. The minimum atomic E-state index is 1.00. The van der Waals surface area contributed by atoms with E-state index in [-0.39, 0.29) is 0 Å². The van der Waals surface area contributed by atoms with Gasteiger partial charge in [0.1, 0.15) is 14.2 Å². The molecule has 0 aliphatic carbocycles. The molecule has 4 aromatic carbocycles. The highest BCUT2D eigenvalue weighted by Gasteiger charge is 1.92. The first-order chi connectivity index (χ1) is 15.9. The van der Waals surface area contributed by atoms with Crippen LogP contribution in [0, 0.1) is 0 Å². The van der Waals surface area contributed by atoms with Crippen molar-refractivity contribution >= 4 is 0 Å². The molecule has 0 amide bonds. The van der Waals surface area contributed by atoms with Gasteiger partial charge in [0.05, 0.1) is 0 Å². The van der Waals surface area contributed by atoms with Crippen molar-refractivity contribution in [2.45, 2.75) is 0 Å². The quantitative estimate of drug-likeness (QED) is 0.448. The van der Waals surface area contributed by atoms with E-state index in [2.05, 4.69) is 97.1 Å². The van der Waals surface area contributed by atoms with Crippen molar-refractivity contribution in [3.63, 3.8) is 0 Å². The lowest BCUT2D eigenvalue weighted by Crippen LogP contribution is -1.73. The first-order valence-electron chi connectivity index (χ1n) is 10.0. The maximum atomic E-state index is 7.00. The third kappa shape index (κ3) is 13.1. The minimum Gasteiger partial charge on any atom is -0.448 e. The Morgan fingerprint density at radius 3 is 0.562 bits per heavy atom. The average Bonchev–Trinajstić information content (AvgIpc) is 2.95.